The van der Waals surface area contributed by atoms with Crippen LogP contribution in [0.2, 0.25) is 0 Å². The van der Waals surface area contributed by atoms with E-state index in [1.165, 1.54) is 11.1 Å². The summed E-state index contributed by atoms with van der Waals surface area (Å²) in [7, 11) is 0. The molecule has 0 saturated carbocycles. The molecule has 1 aliphatic heterocycles. The summed E-state index contributed by atoms with van der Waals surface area (Å²) in [6.45, 7) is 2.78. The molecule has 0 aliphatic carbocycles. The standard InChI is InChI=1S/C16H18N4S/c1-13-6-2-3-7-14(13)8-11-20-10-5-4-9-16(20,12-17)19-15(18)21/h2-7,9-10H,8,11H2,1H3,(H3,18,19,21). The van der Waals surface area contributed by atoms with Crippen LogP contribution in [-0.2, 0) is 6.42 Å². The Balaban J connectivity index is 2.15. The molecule has 1 aromatic rings. The maximum absolute atomic E-state index is 9.56. The number of thiocarbonyl (C=S) groups is 1. The molecule has 3 N–H and O–H groups in total. The van der Waals surface area contributed by atoms with Gasteiger partial charge in [-0.15, -0.1) is 0 Å². The lowest BCUT2D eigenvalue weighted by Gasteiger charge is -2.38. The third-order valence-corrected chi connectivity index (χ3v) is 3.64. The van der Waals surface area contributed by atoms with Crippen molar-refractivity contribution >= 4 is 17.3 Å². The zero-order valence-electron chi connectivity index (χ0n) is 11.9. The van der Waals surface area contributed by atoms with Gasteiger partial charge in [0.05, 0.1) is 0 Å². The summed E-state index contributed by atoms with van der Waals surface area (Å²) in [6, 6.07) is 10.5. The molecule has 0 amide bonds. The molecule has 0 bridgehead atoms. The van der Waals surface area contributed by atoms with Crippen molar-refractivity contribution in [1.82, 2.24) is 10.2 Å². The van der Waals surface area contributed by atoms with Gasteiger partial charge in [0.25, 0.3) is 0 Å². The fraction of sp³-hybridized carbons (Fsp3) is 0.250. The van der Waals surface area contributed by atoms with E-state index >= 15 is 0 Å². The second kappa shape index (κ2) is 6.42. The average molecular weight is 298 g/mol. The van der Waals surface area contributed by atoms with Gasteiger partial charge in [-0.2, -0.15) is 5.26 Å². The first-order chi connectivity index (χ1) is 10.1. The number of nitrogens with one attached hydrogen (secondary N) is 1. The van der Waals surface area contributed by atoms with Crippen molar-refractivity contribution < 1.29 is 0 Å². The van der Waals surface area contributed by atoms with E-state index in [2.05, 4.69) is 30.4 Å². The molecule has 108 valence electrons. The molecule has 1 aliphatic rings. The van der Waals surface area contributed by atoms with Gasteiger partial charge in [-0.05, 0) is 48.8 Å². The molecule has 0 aromatic heterocycles. The molecule has 0 saturated heterocycles. The van der Waals surface area contributed by atoms with Gasteiger partial charge in [-0.3, -0.25) is 0 Å². The predicted octanol–water partition coefficient (Wildman–Crippen LogP) is 1.98. The van der Waals surface area contributed by atoms with E-state index in [1.807, 2.05) is 35.4 Å². The van der Waals surface area contributed by atoms with Crippen LogP contribution < -0.4 is 11.1 Å². The third-order valence-electron chi connectivity index (χ3n) is 3.54. The minimum Gasteiger partial charge on any atom is -0.376 e. The second-order valence-corrected chi connectivity index (χ2v) is 5.38. The minimum absolute atomic E-state index is 0.109. The molecule has 21 heavy (non-hydrogen) atoms. The van der Waals surface area contributed by atoms with E-state index < -0.39 is 5.66 Å². The highest BCUT2D eigenvalue weighted by Gasteiger charge is 2.34. The van der Waals surface area contributed by atoms with Gasteiger partial charge >= 0.3 is 0 Å². The molecule has 0 radical (unpaired) electrons. The molecule has 2 rings (SSSR count). The van der Waals surface area contributed by atoms with Crippen molar-refractivity contribution in [3.05, 3.63) is 59.8 Å². The Morgan fingerprint density at radius 3 is 2.86 bits per heavy atom. The lowest BCUT2D eigenvalue weighted by molar-refractivity contribution is 0.236. The maximum atomic E-state index is 9.56. The summed E-state index contributed by atoms with van der Waals surface area (Å²) in [4.78, 5) is 1.92. The molecule has 4 nitrogen and oxygen atoms in total. The fourth-order valence-electron chi connectivity index (χ4n) is 2.37. The summed E-state index contributed by atoms with van der Waals surface area (Å²) in [5.41, 5.74) is 7.07. The highest BCUT2D eigenvalue weighted by molar-refractivity contribution is 7.80. The zero-order valence-corrected chi connectivity index (χ0v) is 12.7. The Morgan fingerprint density at radius 1 is 1.43 bits per heavy atom. The predicted molar refractivity (Wildman–Crippen MR) is 88.1 cm³/mol. The summed E-state index contributed by atoms with van der Waals surface area (Å²) >= 11 is 4.90. The van der Waals surface area contributed by atoms with Crippen molar-refractivity contribution in [3.63, 3.8) is 0 Å². The van der Waals surface area contributed by atoms with Crippen LogP contribution in [0.5, 0.6) is 0 Å². The highest BCUT2D eigenvalue weighted by Crippen LogP contribution is 2.19. The first-order valence-corrected chi connectivity index (χ1v) is 7.14. The molecule has 5 heteroatoms. The van der Waals surface area contributed by atoms with Crippen LogP contribution in [0.4, 0.5) is 0 Å². The summed E-state index contributed by atoms with van der Waals surface area (Å²) in [6.07, 6.45) is 8.21. The van der Waals surface area contributed by atoms with Crippen LogP contribution >= 0.6 is 12.2 Å². The number of nitrogens with zero attached hydrogens (tertiary/aromatic N) is 2. The van der Waals surface area contributed by atoms with E-state index in [1.54, 1.807) is 6.08 Å². The molecular weight excluding hydrogens is 280 g/mol. The molecule has 0 spiro atoms. The number of allylic oxidation sites excluding steroid dienone is 2. The normalized spacial score (nSPS) is 20.1. The topological polar surface area (TPSA) is 65.1 Å². The maximum Gasteiger partial charge on any atom is 0.221 e. The first-order valence-electron chi connectivity index (χ1n) is 6.73. The van der Waals surface area contributed by atoms with Crippen LogP contribution in [-0.4, -0.2) is 22.2 Å². The zero-order chi connectivity index (χ0) is 15.3. The fourth-order valence-corrected chi connectivity index (χ4v) is 2.53. The van der Waals surface area contributed by atoms with Crippen molar-refractivity contribution in [1.29, 1.82) is 5.26 Å². The molecule has 1 atom stereocenters. The largest absolute Gasteiger partial charge is 0.376 e. The third kappa shape index (κ3) is 3.41. The van der Waals surface area contributed by atoms with E-state index in [0.717, 1.165) is 6.42 Å². The molecule has 0 fully saturated rings. The number of nitrogens with two attached hydrogens (primary N) is 1. The first kappa shape index (κ1) is 15.1. The Labute approximate surface area is 130 Å². The lowest BCUT2D eigenvalue weighted by Crippen LogP contribution is -2.59. The van der Waals surface area contributed by atoms with Gasteiger partial charge < -0.3 is 16.0 Å². The number of aryl methyl sites for hydroxylation is 1. The highest BCUT2D eigenvalue weighted by atomic mass is 32.1. The van der Waals surface area contributed by atoms with Crippen LogP contribution in [0.15, 0.2) is 48.7 Å². The van der Waals surface area contributed by atoms with Crippen molar-refractivity contribution in [2.75, 3.05) is 6.54 Å². The Kier molecular flexibility index (Phi) is 4.61. The van der Waals surface area contributed by atoms with Crippen molar-refractivity contribution in [2.45, 2.75) is 19.0 Å². The van der Waals surface area contributed by atoms with E-state index in [4.69, 9.17) is 18.0 Å². The van der Waals surface area contributed by atoms with Crippen LogP contribution in [0.25, 0.3) is 0 Å². The lowest BCUT2D eigenvalue weighted by atomic mass is 10.0. The van der Waals surface area contributed by atoms with Crippen LogP contribution in [0.3, 0.4) is 0 Å². The summed E-state index contributed by atoms with van der Waals surface area (Å²) in [5.74, 6) is 0. The van der Waals surface area contributed by atoms with Crippen molar-refractivity contribution in [3.8, 4) is 6.07 Å². The molecule has 1 aromatic carbocycles. The van der Waals surface area contributed by atoms with E-state index in [0.29, 0.717) is 6.54 Å². The average Bonchev–Trinajstić information content (AvgIpc) is 2.47. The van der Waals surface area contributed by atoms with Crippen LogP contribution in [0.1, 0.15) is 11.1 Å². The Morgan fingerprint density at radius 2 is 2.19 bits per heavy atom. The second-order valence-electron chi connectivity index (χ2n) is 4.94. The Hall–Kier alpha value is -2.32. The smallest absolute Gasteiger partial charge is 0.221 e. The number of rotatable bonds is 4. The summed E-state index contributed by atoms with van der Waals surface area (Å²) in [5, 5.41) is 12.5. The summed E-state index contributed by atoms with van der Waals surface area (Å²) < 4.78 is 0. The van der Waals surface area contributed by atoms with Gasteiger partial charge in [-0.25, -0.2) is 0 Å². The Bertz CT molecular complexity index is 629. The number of hydrogen-bond acceptors (Lipinski definition) is 3. The molecule has 1 heterocycles. The van der Waals surface area contributed by atoms with Gasteiger partial charge in [0.15, 0.2) is 5.11 Å². The molecular formula is C16H18N4S. The van der Waals surface area contributed by atoms with Gasteiger partial charge in [-0.1, -0.05) is 30.3 Å². The van der Waals surface area contributed by atoms with Crippen molar-refractivity contribution in [2.24, 2.45) is 5.73 Å². The number of nitriles is 1. The number of hydrogen-bond donors (Lipinski definition) is 2. The van der Waals surface area contributed by atoms with Gasteiger partial charge in [0, 0.05) is 12.7 Å². The van der Waals surface area contributed by atoms with Gasteiger partial charge in [0.1, 0.15) is 6.07 Å². The molecule has 1 unspecified atom stereocenters. The van der Waals surface area contributed by atoms with E-state index in [-0.39, 0.29) is 5.11 Å². The minimum atomic E-state index is -1.01. The van der Waals surface area contributed by atoms with Crippen LogP contribution in [0, 0.1) is 18.3 Å². The monoisotopic (exact) mass is 298 g/mol. The van der Waals surface area contributed by atoms with Gasteiger partial charge in [0.2, 0.25) is 5.66 Å². The SMILES string of the molecule is Cc1ccccc1CCN1C=CC=CC1(C#N)NC(N)=S. The number of benzene rings is 1. The quantitative estimate of drug-likeness (QED) is 0.832. The van der Waals surface area contributed by atoms with E-state index in [9.17, 15) is 5.26 Å².